The monoisotopic (exact) mass is 566 g/mol. The minimum Gasteiger partial charge on any atom is -0.489 e. The predicted molar refractivity (Wildman–Crippen MR) is 137 cm³/mol. The quantitative estimate of drug-likeness (QED) is 0.173. The van der Waals surface area contributed by atoms with Crippen molar-refractivity contribution < 1.29 is 14.3 Å². The third kappa shape index (κ3) is 7.35. The molecule has 166 valence electrons. The van der Waals surface area contributed by atoms with E-state index in [-0.39, 0.29) is 5.57 Å². The van der Waals surface area contributed by atoms with E-state index in [9.17, 15) is 10.1 Å². The highest BCUT2D eigenvalue weighted by molar-refractivity contribution is 9.10. The molecule has 0 aromatic heterocycles. The number of hydrogen-bond donors (Lipinski definition) is 1. The molecule has 0 fully saturated rings. The van der Waals surface area contributed by atoms with Gasteiger partial charge in [-0.05, 0) is 66.2 Å². The fourth-order valence-corrected chi connectivity index (χ4v) is 3.44. The molecule has 0 bridgehead atoms. The fourth-order valence-electron chi connectivity index (χ4n) is 2.80. The van der Waals surface area contributed by atoms with E-state index in [2.05, 4.69) is 43.8 Å². The second kappa shape index (κ2) is 12.0. The van der Waals surface area contributed by atoms with E-state index in [0.717, 1.165) is 14.5 Å². The number of rotatable bonds is 9. The summed E-state index contributed by atoms with van der Waals surface area (Å²) in [6, 6.07) is 22.2. The third-order valence-corrected chi connectivity index (χ3v) is 5.45. The van der Waals surface area contributed by atoms with Crippen molar-refractivity contribution in [3.63, 3.8) is 0 Å². The molecule has 0 heterocycles. The zero-order chi connectivity index (χ0) is 23.6. The third-order valence-electron chi connectivity index (χ3n) is 4.42. The summed E-state index contributed by atoms with van der Waals surface area (Å²) in [6.45, 7) is 4.38. The van der Waals surface area contributed by atoms with Crippen LogP contribution in [0.2, 0.25) is 0 Å². The lowest BCUT2D eigenvalue weighted by Crippen LogP contribution is -2.13. The number of carbonyl (C=O) groups excluding carboxylic acids is 1. The van der Waals surface area contributed by atoms with Crippen molar-refractivity contribution in [2.45, 2.75) is 6.61 Å². The molecule has 5 nitrogen and oxygen atoms in total. The molecule has 0 atom stereocenters. The van der Waals surface area contributed by atoms with Crippen LogP contribution in [0, 0.1) is 11.3 Å². The van der Waals surface area contributed by atoms with Crippen molar-refractivity contribution in [1.82, 2.24) is 0 Å². The van der Waals surface area contributed by atoms with Crippen LogP contribution in [0.4, 0.5) is 5.69 Å². The largest absolute Gasteiger partial charge is 0.489 e. The number of hydrogen-bond acceptors (Lipinski definition) is 4. The maximum Gasteiger partial charge on any atom is 0.266 e. The van der Waals surface area contributed by atoms with Gasteiger partial charge in [0.25, 0.3) is 5.91 Å². The average molecular weight is 568 g/mol. The highest BCUT2D eigenvalue weighted by atomic mass is 79.9. The summed E-state index contributed by atoms with van der Waals surface area (Å²) >= 11 is 6.81. The van der Waals surface area contributed by atoms with E-state index in [1.54, 1.807) is 42.5 Å². The first-order valence-electron chi connectivity index (χ1n) is 9.92. The van der Waals surface area contributed by atoms with Crippen molar-refractivity contribution in [2.75, 3.05) is 11.9 Å². The Balaban J connectivity index is 1.67. The van der Waals surface area contributed by atoms with Gasteiger partial charge >= 0.3 is 0 Å². The van der Waals surface area contributed by atoms with E-state index < -0.39 is 5.91 Å². The Morgan fingerprint density at radius 3 is 2.36 bits per heavy atom. The van der Waals surface area contributed by atoms with Crippen LogP contribution in [-0.4, -0.2) is 12.5 Å². The summed E-state index contributed by atoms with van der Waals surface area (Å²) in [5.74, 6) is 0.701. The number of nitrogens with zero attached hydrogens (tertiary/aromatic N) is 1. The average Bonchev–Trinajstić information content (AvgIpc) is 2.82. The normalized spacial score (nSPS) is 10.8. The van der Waals surface area contributed by atoms with E-state index in [1.165, 1.54) is 6.08 Å². The highest BCUT2D eigenvalue weighted by Crippen LogP contribution is 2.26. The minimum absolute atomic E-state index is 0.0490. The molecule has 0 saturated carbocycles. The smallest absolute Gasteiger partial charge is 0.266 e. The summed E-state index contributed by atoms with van der Waals surface area (Å²) in [5.41, 5.74) is 2.15. The minimum atomic E-state index is -0.518. The van der Waals surface area contributed by atoms with Crippen LogP contribution in [0.3, 0.4) is 0 Å². The van der Waals surface area contributed by atoms with Gasteiger partial charge in [0.15, 0.2) is 0 Å². The van der Waals surface area contributed by atoms with Crippen LogP contribution in [-0.2, 0) is 11.4 Å². The molecule has 7 heteroatoms. The Hall–Kier alpha value is -3.34. The van der Waals surface area contributed by atoms with Gasteiger partial charge in [0.05, 0.1) is 0 Å². The molecule has 0 saturated heterocycles. The van der Waals surface area contributed by atoms with Gasteiger partial charge in [0.1, 0.15) is 36.4 Å². The van der Waals surface area contributed by atoms with Gasteiger partial charge in [-0.15, -0.1) is 0 Å². The van der Waals surface area contributed by atoms with Gasteiger partial charge in [-0.3, -0.25) is 4.79 Å². The molecule has 0 aliphatic heterocycles. The lowest BCUT2D eigenvalue weighted by atomic mass is 10.1. The van der Waals surface area contributed by atoms with Crippen molar-refractivity contribution in [3.05, 3.63) is 105 Å². The van der Waals surface area contributed by atoms with E-state index >= 15 is 0 Å². The van der Waals surface area contributed by atoms with Crippen LogP contribution in [0.5, 0.6) is 11.5 Å². The number of halogens is 2. The molecule has 0 radical (unpaired) electrons. The zero-order valence-electron chi connectivity index (χ0n) is 17.6. The Morgan fingerprint density at radius 2 is 1.70 bits per heavy atom. The van der Waals surface area contributed by atoms with Gasteiger partial charge in [-0.2, -0.15) is 5.26 Å². The molecule has 33 heavy (non-hydrogen) atoms. The molecule has 0 unspecified atom stereocenters. The number of nitrogens with one attached hydrogen (secondary N) is 1. The Bertz CT molecular complexity index is 1200. The van der Waals surface area contributed by atoms with Gasteiger partial charge < -0.3 is 14.8 Å². The maximum atomic E-state index is 12.7. The van der Waals surface area contributed by atoms with E-state index in [1.807, 2.05) is 36.4 Å². The summed E-state index contributed by atoms with van der Waals surface area (Å²) in [6.07, 6.45) is 3.12. The second-order valence-corrected chi connectivity index (χ2v) is 8.68. The van der Waals surface area contributed by atoms with Gasteiger partial charge in [0, 0.05) is 20.2 Å². The fraction of sp³-hybridized carbons (Fsp3) is 0.0769. The first kappa shape index (κ1) is 24.3. The summed E-state index contributed by atoms with van der Waals surface area (Å²) in [7, 11) is 0. The van der Waals surface area contributed by atoms with E-state index in [0.29, 0.717) is 36.0 Å². The molecule has 0 aliphatic rings. The van der Waals surface area contributed by atoms with Crippen molar-refractivity contribution in [2.24, 2.45) is 0 Å². The van der Waals surface area contributed by atoms with Crippen molar-refractivity contribution >= 4 is 49.5 Å². The maximum absolute atomic E-state index is 12.7. The van der Waals surface area contributed by atoms with Crippen molar-refractivity contribution in [3.8, 4) is 17.6 Å². The number of anilines is 1. The SMILES string of the molecule is C=CCOc1ccc(Br)cc1/C=C(\C#N)C(=O)Nc1ccc(OCc2ccc(Br)cc2)cc1. The molecule has 0 spiro atoms. The first-order chi connectivity index (χ1) is 16.0. The number of ether oxygens (including phenoxy) is 2. The molecule has 1 N–H and O–H groups in total. The topological polar surface area (TPSA) is 71.3 Å². The van der Waals surface area contributed by atoms with Crippen LogP contribution >= 0.6 is 31.9 Å². The van der Waals surface area contributed by atoms with Gasteiger partial charge in [-0.25, -0.2) is 0 Å². The van der Waals surface area contributed by atoms with E-state index in [4.69, 9.17) is 9.47 Å². The number of benzene rings is 3. The highest BCUT2D eigenvalue weighted by Gasteiger charge is 2.12. The predicted octanol–water partition coefficient (Wildman–Crippen LogP) is 6.90. The van der Waals surface area contributed by atoms with Gasteiger partial charge in [-0.1, -0.05) is 56.6 Å². The molecule has 3 aromatic rings. The summed E-state index contributed by atoms with van der Waals surface area (Å²) in [4.78, 5) is 12.7. The van der Waals surface area contributed by atoms with Gasteiger partial charge in [0.2, 0.25) is 0 Å². The summed E-state index contributed by atoms with van der Waals surface area (Å²) in [5, 5.41) is 12.3. The molecular weight excluding hydrogens is 548 g/mol. The van der Waals surface area contributed by atoms with Crippen LogP contribution in [0.25, 0.3) is 6.08 Å². The van der Waals surface area contributed by atoms with Crippen LogP contribution in [0.1, 0.15) is 11.1 Å². The first-order valence-corrected chi connectivity index (χ1v) is 11.5. The standard InChI is InChI=1S/C26H20Br2N2O3/c1-2-13-32-25-12-7-22(28)15-19(25)14-20(16-29)26(31)30-23-8-10-24(11-9-23)33-17-18-3-5-21(27)6-4-18/h2-12,14-15H,1,13,17H2,(H,30,31)/b20-14+. The van der Waals surface area contributed by atoms with Crippen LogP contribution < -0.4 is 14.8 Å². The Kier molecular flexibility index (Phi) is 8.87. The molecular formula is C26H20Br2N2O3. The number of nitriles is 1. The lowest BCUT2D eigenvalue weighted by molar-refractivity contribution is -0.112. The second-order valence-electron chi connectivity index (χ2n) is 6.85. The number of carbonyl (C=O) groups is 1. The van der Waals surface area contributed by atoms with Crippen LogP contribution in [0.15, 0.2) is 93.9 Å². The number of amides is 1. The lowest BCUT2D eigenvalue weighted by Gasteiger charge is -2.10. The molecule has 3 aromatic carbocycles. The Morgan fingerprint density at radius 1 is 1.00 bits per heavy atom. The molecule has 1 amide bonds. The van der Waals surface area contributed by atoms with Crippen molar-refractivity contribution in [1.29, 1.82) is 5.26 Å². The summed E-state index contributed by atoms with van der Waals surface area (Å²) < 4.78 is 13.2. The molecule has 3 rings (SSSR count). The molecule has 0 aliphatic carbocycles. The zero-order valence-corrected chi connectivity index (χ0v) is 20.7. The Labute approximate surface area is 209 Å².